The third-order valence-corrected chi connectivity index (χ3v) is 6.80. The molecule has 1 unspecified atom stereocenters. The average Bonchev–Trinajstić information content (AvgIpc) is 3.56. The Labute approximate surface area is 236 Å². The van der Waals surface area contributed by atoms with E-state index in [4.69, 9.17) is 21.1 Å². The Morgan fingerprint density at radius 2 is 1.90 bits per heavy atom. The maximum absolute atomic E-state index is 13.4. The van der Waals surface area contributed by atoms with Crippen LogP contribution < -0.4 is 10.9 Å². The topological polar surface area (TPSA) is 115 Å². The number of hydrogen-bond acceptors (Lipinski definition) is 6. The van der Waals surface area contributed by atoms with E-state index in [2.05, 4.69) is 15.3 Å². The number of aromatic amines is 1. The number of amides is 1. The van der Waals surface area contributed by atoms with Gasteiger partial charge in [0, 0.05) is 27.9 Å². The van der Waals surface area contributed by atoms with Crippen LogP contribution in [0.4, 0.5) is 10.5 Å². The number of H-pyrrole nitrogens is 1. The van der Waals surface area contributed by atoms with Crippen LogP contribution in [0.25, 0.3) is 22.4 Å². The summed E-state index contributed by atoms with van der Waals surface area (Å²) in [7, 11) is 1.34. The van der Waals surface area contributed by atoms with Gasteiger partial charge in [-0.3, -0.25) is 10.1 Å². The van der Waals surface area contributed by atoms with Crippen molar-refractivity contribution in [3.05, 3.63) is 93.3 Å². The number of nitrogens with one attached hydrogen (secondary N) is 2. The Morgan fingerprint density at radius 3 is 2.65 bits per heavy atom. The van der Waals surface area contributed by atoms with Crippen molar-refractivity contribution in [2.45, 2.75) is 45.3 Å². The second-order valence-corrected chi connectivity index (χ2v) is 11.0. The lowest BCUT2D eigenvalue weighted by molar-refractivity contribution is 0.0598. The minimum atomic E-state index is -0.659. The van der Waals surface area contributed by atoms with Crippen LogP contribution in [-0.2, 0) is 15.9 Å². The molecule has 1 aliphatic heterocycles. The molecular weight excluding hydrogens is 532 g/mol. The van der Waals surface area contributed by atoms with Crippen molar-refractivity contribution in [1.29, 1.82) is 0 Å². The minimum Gasteiger partial charge on any atom is -0.465 e. The quantitative estimate of drug-likeness (QED) is 0.280. The van der Waals surface area contributed by atoms with Gasteiger partial charge in [0.25, 0.3) is 5.56 Å². The first-order chi connectivity index (χ1) is 19.0. The fourth-order valence-corrected chi connectivity index (χ4v) is 5.04. The van der Waals surface area contributed by atoms with Gasteiger partial charge in [0.2, 0.25) is 0 Å². The van der Waals surface area contributed by atoms with E-state index in [0.29, 0.717) is 46.1 Å². The van der Waals surface area contributed by atoms with Gasteiger partial charge in [-0.2, -0.15) is 0 Å². The summed E-state index contributed by atoms with van der Waals surface area (Å²) in [4.78, 5) is 45.7. The van der Waals surface area contributed by atoms with E-state index < -0.39 is 17.7 Å². The lowest BCUT2D eigenvalue weighted by atomic mass is 10.0. The maximum Gasteiger partial charge on any atom is 0.412 e. The Kier molecular flexibility index (Phi) is 7.25. The number of carbonyl (C=O) groups excluding carboxylic acids is 2. The normalized spacial score (nSPS) is 14.5. The molecule has 10 heteroatoms. The zero-order valence-corrected chi connectivity index (χ0v) is 23.3. The molecule has 2 aromatic heterocycles. The third kappa shape index (κ3) is 5.65. The standard InChI is InChI=1S/C30H29ClN4O5/c1-30(2,3)40-29(38)34-23-10-8-20(31)15-22(23)19-13-21-9-11-25(35(21)26(36)14-19)27-32-16-24(33-27)17-6-5-7-18(12-17)28(37)39-4/h5-8,10,12-16,25H,9,11H2,1-4H3,(H,32,33)(H,34,38). The van der Waals surface area contributed by atoms with Crippen LogP contribution >= 0.6 is 11.6 Å². The van der Waals surface area contributed by atoms with Crippen molar-refractivity contribution in [1.82, 2.24) is 14.5 Å². The number of methoxy groups -OCH3 is 1. The monoisotopic (exact) mass is 560 g/mol. The summed E-state index contributed by atoms with van der Waals surface area (Å²) in [6, 6.07) is 15.4. The largest absolute Gasteiger partial charge is 0.465 e. The number of halogens is 1. The number of benzene rings is 2. The van der Waals surface area contributed by atoms with Crippen LogP contribution in [-0.4, -0.2) is 39.3 Å². The van der Waals surface area contributed by atoms with Crippen molar-refractivity contribution < 1.29 is 19.1 Å². The van der Waals surface area contributed by atoms with Gasteiger partial charge in [-0.15, -0.1) is 0 Å². The van der Waals surface area contributed by atoms with E-state index in [0.717, 1.165) is 17.0 Å². The minimum absolute atomic E-state index is 0.191. The summed E-state index contributed by atoms with van der Waals surface area (Å²) < 4.78 is 12.0. The number of fused-ring (bicyclic) bond motifs is 1. The Morgan fingerprint density at radius 1 is 1.10 bits per heavy atom. The number of rotatable bonds is 5. The van der Waals surface area contributed by atoms with Crippen molar-refractivity contribution in [3.8, 4) is 22.4 Å². The highest BCUT2D eigenvalue weighted by atomic mass is 35.5. The van der Waals surface area contributed by atoms with Crippen LogP contribution in [0.1, 0.15) is 55.1 Å². The number of aryl methyl sites for hydroxylation is 1. The lowest BCUT2D eigenvalue weighted by Gasteiger charge is -2.21. The Balaban J connectivity index is 1.45. The molecular formula is C30H29ClN4O5. The van der Waals surface area contributed by atoms with Gasteiger partial charge in [0.15, 0.2) is 0 Å². The van der Waals surface area contributed by atoms with Gasteiger partial charge in [-0.1, -0.05) is 23.7 Å². The van der Waals surface area contributed by atoms with Gasteiger partial charge in [-0.05, 0) is 75.6 Å². The summed E-state index contributed by atoms with van der Waals surface area (Å²) in [6.07, 6.45) is 2.45. The first-order valence-electron chi connectivity index (χ1n) is 12.8. The van der Waals surface area contributed by atoms with Crippen LogP contribution in [0.5, 0.6) is 0 Å². The number of carbonyl (C=O) groups is 2. The molecule has 9 nitrogen and oxygen atoms in total. The van der Waals surface area contributed by atoms with E-state index in [1.165, 1.54) is 13.2 Å². The first kappa shape index (κ1) is 27.2. The van der Waals surface area contributed by atoms with E-state index in [9.17, 15) is 14.4 Å². The maximum atomic E-state index is 13.4. The summed E-state index contributed by atoms with van der Waals surface area (Å²) in [5, 5.41) is 3.25. The van der Waals surface area contributed by atoms with E-state index >= 15 is 0 Å². The molecule has 0 bridgehead atoms. The van der Waals surface area contributed by atoms with Gasteiger partial charge in [0.05, 0.1) is 36.3 Å². The first-order valence-corrected chi connectivity index (χ1v) is 13.2. The van der Waals surface area contributed by atoms with Crippen molar-refractivity contribution in [3.63, 3.8) is 0 Å². The van der Waals surface area contributed by atoms with Crippen molar-refractivity contribution in [2.24, 2.45) is 0 Å². The molecule has 0 spiro atoms. The van der Waals surface area contributed by atoms with E-state index in [1.54, 1.807) is 67.9 Å². The SMILES string of the molecule is COC(=O)c1cccc(-c2cnc(C3CCc4cc(-c5cc(Cl)ccc5NC(=O)OC(C)(C)C)cc(=O)n43)[nH]2)c1. The van der Waals surface area contributed by atoms with E-state index in [-0.39, 0.29) is 11.6 Å². The molecule has 0 saturated carbocycles. The summed E-state index contributed by atoms with van der Waals surface area (Å²) in [6.45, 7) is 5.36. The fourth-order valence-electron chi connectivity index (χ4n) is 4.87. The number of aromatic nitrogens is 3. The predicted molar refractivity (Wildman–Crippen MR) is 153 cm³/mol. The Bertz CT molecular complexity index is 1670. The number of esters is 1. The van der Waals surface area contributed by atoms with Gasteiger partial charge in [-0.25, -0.2) is 14.6 Å². The van der Waals surface area contributed by atoms with E-state index in [1.807, 2.05) is 12.1 Å². The molecule has 2 aromatic carbocycles. The third-order valence-electron chi connectivity index (χ3n) is 6.57. The number of imidazole rings is 1. The average molecular weight is 561 g/mol. The zero-order valence-electron chi connectivity index (χ0n) is 22.6. The summed E-state index contributed by atoms with van der Waals surface area (Å²) in [5.74, 6) is 0.236. The molecule has 4 aromatic rings. The van der Waals surface area contributed by atoms with Crippen molar-refractivity contribution in [2.75, 3.05) is 12.4 Å². The zero-order chi connectivity index (χ0) is 28.6. The highest BCUT2D eigenvalue weighted by Gasteiger charge is 2.28. The highest BCUT2D eigenvalue weighted by molar-refractivity contribution is 6.31. The van der Waals surface area contributed by atoms with Gasteiger partial charge in [0.1, 0.15) is 11.4 Å². The second kappa shape index (κ2) is 10.7. The number of pyridine rings is 1. The fraction of sp³-hybridized carbons (Fsp3) is 0.267. The molecule has 206 valence electrons. The molecule has 3 heterocycles. The van der Waals surface area contributed by atoms with Crippen LogP contribution in [0, 0.1) is 0 Å². The summed E-state index contributed by atoms with van der Waals surface area (Å²) in [5.41, 5.74) is 3.70. The van der Waals surface area contributed by atoms with Gasteiger partial charge < -0.3 is 19.0 Å². The van der Waals surface area contributed by atoms with Crippen molar-refractivity contribution >= 4 is 29.4 Å². The molecule has 0 radical (unpaired) electrons. The van der Waals surface area contributed by atoms with Crippen LogP contribution in [0.3, 0.4) is 0 Å². The summed E-state index contributed by atoms with van der Waals surface area (Å²) >= 11 is 6.29. The smallest absolute Gasteiger partial charge is 0.412 e. The molecule has 2 N–H and O–H groups in total. The molecule has 1 aliphatic rings. The molecule has 0 fully saturated rings. The Hall–Kier alpha value is -4.37. The molecule has 5 rings (SSSR count). The number of anilines is 1. The van der Waals surface area contributed by atoms with Crippen LogP contribution in [0.2, 0.25) is 5.02 Å². The highest BCUT2D eigenvalue weighted by Crippen LogP contribution is 2.35. The van der Waals surface area contributed by atoms with Gasteiger partial charge >= 0.3 is 12.1 Å². The predicted octanol–water partition coefficient (Wildman–Crippen LogP) is 6.23. The van der Waals surface area contributed by atoms with Crippen LogP contribution in [0.15, 0.2) is 65.6 Å². The molecule has 0 aliphatic carbocycles. The molecule has 1 amide bonds. The number of ether oxygens (including phenoxy) is 2. The number of hydrogen-bond donors (Lipinski definition) is 2. The lowest BCUT2D eigenvalue weighted by Crippen LogP contribution is -2.27. The molecule has 40 heavy (non-hydrogen) atoms. The number of nitrogens with zero attached hydrogens (tertiary/aromatic N) is 2. The molecule has 0 saturated heterocycles. The molecule has 1 atom stereocenters. The second-order valence-electron chi connectivity index (χ2n) is 10.6.